The van der Waals surface area contributed by atoms with Gasteiger partial charge in [-0.3, -0.25) is 5.32 Å². The number of hydrogen-bond donors (Lipinski definition) is 6. The molecule has 0 aliphatic carbocycles. The van der Waals surface area contributed by atoms with Gasteiger partial charge in [0.2, 0.25) is 0 Å². The Morgan fingerprint density at radius 2 is 1.65 bits per heavy atom. The first-order valence-electron chi connectivity index (χ1n) is 3.85. The van der Waals surface area contributed by atoms with Crippen LogP contribution in [0.4, 0.5) is 4.79 Å². The van der Waals surface area contributed by atoms with Crippen molar-refractivity contribution in [2.24, 2.45) is 5.73 Å². The van der Waals surface area contributed by atoms with Crippen LogP contribution in [0.1, 0.15) is 6.42 Å². The first-order valence-corrected chi connectivity index (χ1v) is 3.85. The van der Waals surface area contributed by atoms with Gasteiger partial charge in [0.05, 0.1) is 6.42 Å². The number of nitrogens with one attached hydrogen (secondary N) is 1. The van der Waals surface area contributed by atoms with Crippen LogP contribution in [-0.4, -0.2) is 51.9 Å². The summed E-state index contributed by atoms with van der Waals surface area (Å²) in [4.78, 5) is 8.33. The third-order valence-electron chi connectivity index (χ3n) is 0.992. The first-order chi connectivity index (χ1) is 6.69. The van der Waals surface area contributed by atoms with E-state index in [9.17, 15) is 0 Å². The van der Waals surface area contributed by atoms with Crippen molar-refractivity contribution in [1.82, 2.24) is 5.32 Å². The molecule has 17 heavy (non-hydrogen) atoms. The van der Waals surface area contributed by atoms with Gasteiger partial charge < -0.3 is 41.2 Å². The molecule has 9 nitrogen and oxygen atoms in total. The van der Waals surface area contributed by atoms with Crippen molar-refractivity contribution in [2.75, 3.05) is 13.1 Å². The molecule has 0 saturated carbocycles. The number of hydrogen-bond acceptors (Lipinski definition) is 9. The molecule has 11 heteroatoms. The maximum absolute atomic E-state index is 8.87. The molecule has 0 aromatic heterocycles. The van der Waals surface area contributed by atoms with Gasteiger partial charge in [0.1, 0.15) is 6.23 Å². The zero-order valence-corrected chi connectivity index (χ0v) is 16.0. The van der Waals surface area contributed by atoms with Gasteiger partial charge in [0, 0.05) is 13.1 Å². The van der Waals surface area contributed by atoms with E-state index in [2.05, 4.69) is 5.32 Å². The molecule has 0 heterocycles. The maximum Gasteiger partial charge on any atom is 1.00 e. The molecular formula is C6H14K2N2O7. The minimum absolute atomic E-state index is 0. The Balaban J connectivity index is -0.000000123. The number of carbonyl (C=O) groups excluding carboxylic acids is 1. The van der Waals surface area contributed by atoms with Crippen LogP contribution in [0.15, 0.2) is 0 Å². The normalized spacial score (nSPS) is 11.1. The third kappa shape index (κ3) is 38.1. The van der Waals surface area contributed by atoms with Crippen LogP contribution in [0.25, 0.3) is 0 Å². The molecular weight excluding hydrogens is 290 g/mol. The number of aliphatic hydroxyl groups excluding tert-OH is 1. The van der Waals surface area contributed by atoms with Crippen molar-refractivity contribution >= 4 is 6.16 Å². The molecule has 92 valence electrons. The molecule has 7 N–H and O–H groups in total. The number of nitrogens with two attached hydrogens (primary N) is 1. The molecule has 0 aromatic carbocycles. The summed E-state index contributed by atoms with van der Waals surface area (Å²) in [6.45, 7) is 0.670. The summed E-state index contributed by atoms with van der Waals surface area (Å²) in [7, 11) is 0. The van der Waals surface area contributed by atoms with E-state index in [1.54, 1.807) is 0 Å². The number of carboxylic acid groups (broad SMARTS) is 2. The van der Waals surface area contributed by atoms with Gasteiger partial charge in [-0.1, -0.05) is 0 Å². The number of rotatable bonds is 5. The summed E-state index contributed by atoms with van der Waals surface area (Å²) < 4.78 is 0. The van der Waals surface area contributed by atoms with Crippen LogP contribution < -0.4 is 124 Å². The zero-order chi connectivity index (χ0) is 12.5. The molecule has 0 bridgehead atoms. The zero-order valence-electron chi connectivity index (χ0n) is 9.79. The van der Waals surface area contributed by atoms with E-state index in [-0.39, 0.29) is 103 Å². The van der Waals surface area contributed by atoms with Crippen molar-refractivity contribution in [3.63, 3.8) is 0 Å². The largest absolute Gasteiger partial charge is 1.00 e. The third-order valence-corrected chi connectivity index (χ3v) is 0.992. The molecule has 0 saturated heterocycles. The molecule has 0 amide bonds. The van der Waals surface area contributed by atoms with Gasteiger partial charge in [-0.2, -0.15) is 0 Å². The van der Waals surface area contributed by atoms with E-state index in [4.69, 9.17) is 41.2 Å². The Kier molecular flexibility index (Phi) is 26.6. The minimum atomic E-state index is -2.83. The van der Waals surface area contributed by atoms with E-state index in [0.29, 0.717) is 13.1 Å². The molecule has 0 spiro atoms. The van der Waals surface area contributed by atoms with Crippen LogP contribution in [-0.2, 0) is 0 Å². The van der Waals surface area contributed by atoms with Crippen LogP contribution in [0.2, 0.25) is 0 Å². The van der Waals surface area contributed by atoms with Gasteiger partial charge in [-0.05, 0) is 6.16 Å². The van der Waals surface area contributed by atoms with E-state index >= 15 is 0 Å². The Morgan fingerprint density at radius 1 is 1.29 bits per heavy atom. The second-order valence-electron chi connectivity index (χ2n) is 2.49. The summed E-state index contributed by atoms with van der Waals surface area (Å²) in [6.07, 6.45) is -4.08. The van der Waals surface area contributed by atoms with Crippen molar-refractivity contribution in [1.29, 1.82) is 0 Å². The van der Waals surface area contributed by atoms with Crippen molar-refractivity contribution in [3.8, 4) is 0 Å². The fourth-order valence-corrected chi connectivity index (χ4v) is 0.582. The van der Waals surface area contributed by atoms with Gasteiger partial charge in [-0.25, -0.2) is 0 Å². The molecule has 0 aromatic rings. The molecule has 0 radical (unpaired) electrons. The molecule has 1 unspecified atom stereocenters. The van der Waals surface area contributed by atoms with Crippen molar-refractivity contribution in [2.45, 2.75) is 18.6 Å². The average molecular weight is 304 g/mol. The van der Waals surface area contributed by atoms with Gasteiger partial charge in [0.15, 0.2) is 0 Å². The second-order valence-corrected chi connectivity index (χ2v) is 2.49. The first kappa shape index (κ1) is 27.6. The Morgan fingerprint density at radius 3 is 1.88 bits per heavy atom. The molecule has 1 atom stereocenters. The topological polar surface area (TPSA) is 182 Å². The quantitative estimate of drug-likeness (QED) is 0.212. The summed E-state index contributed by atoms with van der Waals surface area (Å²) in [5.41, 5.74) is 5.08. The van der Waals surface area contributed by atoms with Crippen LogP contribution in [0.5, 0.6) is 0 Å². The molecule has 0 fully saturated rings. The second kappa shape index (κ2) is 16.4. The predicted molar refractivity (Wildman–Crippen MR) is 42.5 cm³/mol. The fraction of sp³-hybridized carbons (Fsp3) is 0.833. The van der Waals surface area contributed by atoms with Crippen LogP contribution >= 0.6 is 0 Å². The van der Waals surface area contributed by atoms with Gasteiger partial charge in [0.25, 0.3) is 5.97 Å². The summed E-state index contributed by atoms with van der Waals surface area (Å²) in [6, 6.07) is 0. The number of carbonyl (C=O) groups is 1. The van der Waals surface area contributed by atoms with Gasteiger partial charge in [-0.15, -0.1) is 0 Å². The van der Waals surface area contributed by atoms with Crippen LogP contribution in [0, 0.1) is 0 Å². The van der Waals surface area contributed by atoms with E-state index in [1.165, 1.54) is 0 Å². The van der Waals surface area contributed by atoms with E-state index in [1.807, 2.05) is 0 Å². The van der Waals surface area contributed by atoms with Crippen molar-refractivity contribution < 1.29 is 138 Å². The average Bonchev–Trinajstić information content (AvgIpc) is 1.96. The Bertz CT molecular complexity index is 174. The summed E-state index contributed by atoms with van der Waals surface area (Å²) in [5.74, 6) is -2.83. The van der Waals surface area contributed by atoms with Gasteiger partial charge >= 0.3 is 103 Å². The molecule has 0 aliphatic heterocycles. The Labute approximate surface area is 183 Å². The van der Waals surface area contributed by atoms with E-state index in [0.717, 1.165) is 0 Å². The monoisotopic (exact) mass is 304 g/mol. The standard InChI is InChI=1S/C5H14N2O4.CH2O3.2K/c6-1-2-7-4(8)3-5(9,10)11;2-1(3)4;;/h4,7-11H,1-3,6H2;(H2,2,3,4);;/q;;2*+1/p-2. The predicted octanol–water partition coefficient (Wildman–Crippen LogP) is -11.6. The smallest absolute Gasteiger partial charge is 0.652 e. The van der Waals surface area contributed by atoms with Crippen LogP contribution in [0.3, 0.4) is 0 Å². The molecule has 0 rings (SSSR count). The fourth-order valence-electron chi connectivity index (χ4n) is 0.582. The van der Waals surface area contributed by atoms with Crippen molar-refractivity contribution in [3.05, 3.63) is 0 Å². The minimum Gasteiger partial charge on any atom is -0.652 e. The number of aliphatic hydroxyl groups is 4. The van der Waals surface area contributed by atoms with E-state index < -0.39 is 24.8 Å². The SMILES string of the molecule is NCCNC(O)CC(O)(O)O.O=C([O-])[O-].[K+].[K+]. The molecule has 0 aliphatic rings. The summed E-state index contributed by atoms with van der Waals surface area (Å²) >= 11 is 0. The Hall–Kier alpha value is 2.30. The summed E-state index contributed by atoms with van der Waals surface area (Å²) in [5, 5.41) is 53.1. The maximum atomic E-state index is 8.87.